The summed E-state index contributed by atoms with van der Waals surface area (Å²) in [7, 11) is 2.05. The number of urea groups is 1. The SMILES string of the molecule is CN1CCC(NC(=O)N2CCN(Cc3ccc(C(F)(F)F)cc3)CC2)C1. The number of alkyl halides is 3. The number of carbonyl (C=O) groups is 1. The summed E-state index contributed by atoms with van der Waals surface area (Å²) in [5.74, 6) is 0. The van der Waals surface area contributed by atoms with Gasteiger partial charge in [0.25, 0.3) is 0 Å². The van der Waals surface area contributed by atoms with E-state index in [1.165, 1.54) is 12.1 Å². The summed E-state index contributed by atoms with van der Waals surface area (Å²) in [6.45, 7) is 5.20. The van der Waals surface area contributed by atoms with Gasteiger partial charge in [-0.05, 0) is 37.7 Å². The van der Waals surface area contributed by atoms with Crippen LogP contribution in [0.4, 0.5) is 18.0 Å². The summed E-state index contributed by atoms with van der Waals surface area (Å²) in [5, 5.41) is 3.08. The van der Waals surface area contributed by atoms with Gasteiger partial charge >= 0.3 is 12.2 Å². The number of piperazine rings is 1. The number of hydrogen-bond acceptors (Lipinski definition) is 3. The summed E-state index contributed by atoms with van der Waals surface area (Å²) >= 11 is 0. The second-order valence-electron chi connectivity index (χ2n) is 7.16. The zero-order valence-electron chi connectivity index (χ0n) is 14.9. The summed E-state index contributed by atoms with van der Waals surface area (Å²) in [4.78, 5) is 18.5. The molecule has 2 saturated heterocycles. The maximum atomic E-state index is 12.6. The molecular weight excluding hydrogens is 345 g/mol. The Kier molecular flexibility index (Phi) is 5.72. The first-order valence-corrected chi connectivity index (χ1v) is 8.94. The zero-order valence-corrected chi connectivity index (χ0v) is 14.9. The van der Waals surface area contributed by atoms with Crippen LogP contribution in [0.1, 0.15) is 17.5 Å². The van der Waals surface area contributed by atoms with Gasteiger partial charge in [0.05, 0.1) is 5.56 Å². The van der Waals surface area contributed by atoms with Gasteiger partial charge in [0.2, 0.25) is 0 Å². The molecule has 0 bridgehead atoms. The minimum absolute atomic E-state index is 0.0144. The molecule has 1 N–H and O–H groups in total. The van der Waals surface area contributed by atoms with Gasteiger partial charge in [-0.25, -0.2) is 4.79 Å². The largest absolute Gasteiger partial charge is 0.416 e. The molecule has 0 saturated carbocycles. The molecule has 5 nitrogen and oxygen atoms in total. The Hall–Kier alpha value is -1.80. The standard InChI is InChI=1S/C18H25F3N4O/c1-23-7-6-16(13-23)22-17(26)25-10-8-24(9-11-25)12-14-2-4-15(5-3-14)18(19,20)21/h2-5,16H,6-13H2,1H3,(H,22,26). The van der Waals surface area contributed by atoms with Gasteiger partial charge in [0.1, 0.15) is 0 Å². The molecule has 2 aliphatic heterocycles. The van der Waals surface area contributed by atoms with E-state index in [0.717, 1.165) is 50.3 Å². The Morgan fingerprint density at radius 2 is 1.77 bits per heavy atom. The molecule has 2 heterocycles. The third-order valence-electron chi connectivity index (χ3n) is 5.07. The fourth-order valence-electron chi connectivity index (χ4n) is 3.49. The van der Waals surface area contributed by atoms with Crippen LogP contribution in [0.2, 0.25) is 0 Å². The highest BCUT2D eigenvalue weighted by Crippen LogP contribution is 2.29. The minimum atomic E-state index is -4.30. The lowest BCUT2D eigenvalue weighted by molar-refractivity contribution is -0.137. The molecule has 26 heavy (non-hydrogen) atoms. The molecule has 8 heteroatoms. The average Bonchev–Trinajstić information content (AvgIpc) is 3.00. The predicted octanol–water partition coefficient (Wildman–Crippen LogP) is 2.24. The summed E-state index contributed by atoms with van der Waals surface area (Å²) < 4.78 is 37.8. The first-order valence-electron chi connectivity index (χ1n) is 8.94. The van der Waals surface area contributed by atoms with E-state index in [1.807, 2.05) is 11.9 Å². The van der Waals surface area contributed by atoms with Crippen LogP contribution < -0.4 is 5.32 Å². The fourth-order valence-corrected chi connectivity index (χ4v) is 3.49. The molecule has 1 atom stereocenters. The van der Waals surface area contributed by atoms with Crippen molar-refractivity contribution in [2.75, 3.05) is 46.3 Å². The molecule has 1 aromatic rings. The molecule has 0 aromatic heterocycles. The van der Waals surface area contributed by atoms with E-state index in [2.05, 4.69) is 15.1 Å². The Labute approximate surface area is 151 Å². The first-order chi connectivity index (χ1) is 12.3. The molecule has 2 aliphatic rings. The second-order valence-corrected chi connectivity index (χ2v) is 7.16. The quantitative estimate of drug-likeness (QED) is 0.887. The van der Waals surface area contributed by atoms with Crippen LogP contribution in [0.25, 0.3) is 0 Å². The van der Waals surface area contributed by atoms with Crippen LogP contribution >= 0.6 is 0 Å². The van der Waals surface area contributed by atoms with E-state index in [-0.39, 0.29) is 12.1 Å². The van der Waals surface area contributed by atoms with Crippen LogP contribution in [-0.4, -0.2) is 73.1 Å². The van der Waals surface area contributed by atoms with Crippen molar-refractivity contribution in [1.29, 1.82) is 0 Å². The topological polar surface area (TPSA) is 38.8 Å². The summed E-state index contributed by atoms with van der Waals surface area (Å²) in [6, 6.07) is 5.50. The smallest absolute Gasteiger partial charge is 0.334 e. The third kappa shape index (κ3) is 4.88. The number of nitrogens with one attached hydrogen (secondary N) is 1. The van der Waals surface area contributed by atoms with Crippen molar-refractivity contribution >= 4 is 6.03 Å². The van der Waals surface area contributed by atoms with E-state index in [9.17, 15) is 18.0 Å². The number of benzene rings is 1. The van der Waals surface area contributed by atoms with Gasteiger partial charge in [-0.1, -0.05) is 12.1 Å². The molecule has 2 amide bonds. The number of nitrogens with zero attached hydrogens (tertiary/aromatic N) is 3. The molecule has 0 radical (unpaired) electrons. The van der Waals surface area contributed by atoms with Crippen LogP contribution in [0.3, 0.4) is 0 Å². The third-order valence-corrected chi connectivity index (χ3v) is 5.07. The lowest BCUT2D eigenvalue weighted by atomic mass is 10.1. The molecule has 1 aromatic carbocycles. The summed E-state index contributed by atoms with van der Waals surface area (Å²) in [6.07, 6.45) is -3.32. The molecular formula is C18H25F3N4O. The monoisotopic (exact) mass is 370 g/mol. The van der Waals surface area contributed by atoms with Crippen LogP contribution in [0, 0.1) is 0 Å². The van der Waals surface area contributed by atoms with E-state index in [4.69, 9.17) is 0 Å². The van der Waals surface area contributed by atoms with E-state index in [1.54, 1.807) is 0 Å². The van der Waals surface area contributed by atoms with Crippen molar-refractivity contribution in [2.24, 2.45) is 0 Å². The van der Waals surface area contributed by atoms with Gasteiger partial charge in [-0.2, -0.15) is 13.2 Å². The fraction of sp³-hybridized carbons (Fsp3) is 0.611. The van der Waals surface area contributed by atoms with Gasteiger partial charge in [-0.15, -0.1) is 0 Å². The zero-order chi connectivity index (χ0) is 18.7. The average molecular weight is 370 g/mol. The van der Waals surface area contributed by atoms with E-state index >= 15 is 0 Å². The number of amides is 2. The second kappa shape index (κ2) is 7.84. The van der Waals surface area contributed by atoms with Crippen molar-refractivity contribution in [3.63, 3.8) is 0 Å². The molecule has 1 unspecified atom stereocenters. The molecule has 144 valence electrons. The van der Waals surface area contributed by atoms with Crippen molar-refractivity contribution in [3.05, 3.63) is 35.4 Å². The number of likely N-dealkylation sites (N-methyl/N-ethyl adjacent to an activating group) is 1. The van der Waals surface area contributed by atoms with E-state index in [0.29, 0.717) is 19.6 Å². The van der Waals surface area contributed by atoms with Crippen molar-refractivity contribution in [2.45, 2.75) is 25.2 Å². The highest BCUT2D eigenvalue weighted by atomic mass is 19.4. The predicted molar refractivity (Wildman–Crippen MR) is 92.7 cm³/mol. The number of halogens is 3. The molecule has 2 fully saturated rings. The molecule has 0 aliphatic carbocycles. The van der Waals surface area contributed by atoms with Gasteiger partial charge in [0, 0.05) is 45.3 Å². The Bertz CT molecular complexity index is 612. The van der Waals surface area contributed by atoms with Gasteiger partial charge in [0.15, 0.2) is 0 Å². The van der Waals surface area contributed by atoms with Gasteiger partial charge < -0.3 is 15.1 Å². The number of likely N-dealkylation sites (tertiary alicyclic amines) is 1. The number of rotatable bonds is 3. The minimum Gasteiger partial charge on any atom is -0.334 e. The Balaban J connectivity index is 1.44. The molecule has 0 spiro atoms. The number of carbonyl (C=O) groups excluding carboxylic acids is 1. The van der Waals surface area contributed by atoms with Gasteiger partial charge in [-0.3, -0.25) is 4.90 Å². The number of hydrogen-bond donors (Lipinski definition) is 1. The van der Waals surface area contributed by atoms with Crippen LogP contribution in [0.5, 0.6) is 0 Å². The van der Waals surface area contributed by atoms with E-state index < -0.39 is 11.7 Å². The van der Waals surface area contributed by atoms with Crippen molar-refractivity contribution < 1.29 is 18.0 Å². The van der Waals surface area contributed by atoms with Crippen molar-refractivity contribution in [1.82, 2.24) is 20.0 Å². The lowest BCUT2D eigenvalue weighted by Crippen LogP contribution is -2.53. The maximum Gasteiger partial charge on any atom is 0.416 e. The highest BCUT2D eigenvalue weighted by molar-refractivity contribution is 5.74. The lowest BCUT2D eigenvalue weighted by Gasteiger charge is -2.35. The van der Waals surface area contributed by atoms with Crippen LogP contribution in [0.15, 0.2) is 24.3 Å². The first kappa shape index (κ1) is 19.0. The normalized spacial score (nSPS) is 22.6. The van der Waals surface area contributed by atoms with Crippen LogP contribution in [-0.2, 0) is 12.7 Å². The highest BCUT2D eigenvalue weighted by Gasteiger charge is 2.30. The Morgan fingerprint density at radius 1 is 1.12 bits per heavy atom. The maximum absolute atomic E-state index is 12.6. The Morgan fingerprint density at radius 3 is 2.31 bits per heavy atom. The molecule has 3 rings (SSSR count). The summed E-state index contributed by atoms with van der Waals surface area (Å²) in [5.41, 5.74) is 0.227. The van der Waals surface area contributed by atoms with Crippen molar-refractivity contribution in [3.8, 4) is 0 Å².